The van der Waals surface area contributed by atoms with Crippen molar-refractivity contribution in [1.82, 2.24) is 4.57 Å². The van der Waals surface area contributed by atoms with Crippen LogP contribution in [0.1, 0.15) is 24.1 Å². The van der Waals surface area contributed by atoms with Gasteiger partial charge in [-0.25, -0.2) is 0 Å². The fourth-order valence-electron chi connectivity index (χ4n) is 4.70. The van der Waals surface area contributed by atoms with Gasteiger partial charge in [0.05, 0.1) is 23.2 Å². The third-order valence-electron chi connectivity index (χ3n) is 6.26. The Hall–Kier alpha value is -3.74. The van der Waals surface area contributed by atoms with Crippen LogP contribution in [0, 0.1) is 0 Å². The molecule has 1 aliphatic rings. The first kappa shape index (κ1) is 24.0. The van der Waals surface area contributed by atoms with Crippen LogP contribution in [0.2, 0.25) is 10.0 Å². The van der Waals surface area contributed by atoms with Crippen molar-refractivity contribution in [2.75, 3.05) is 11.5 Å². The molecule has 0 bridgehead atoms. The molecule has 1 atom stereocenters. The number of rotatable bonds is 5. The van der Waals surface area contributed by atoms with E-state index in [1.165, 1.54) is 4.90 Å². The van der Waals surface area contributed by atoms with E-state index in [0.29, 0.717) is 28.6 Å². The molecule has 1 aromatic heterocycles. The summed E-state index contributed by atoms with van der Waals surface area (Å²) >= 11 is 12.7. The van der Waals surface area contributed by atoms with Crippen LogP contribution in [-0.2, 0) is 16.6 Å². The Bertz CT molecular complexity index is 1560. The van der Waals surface area contributed by atoms with Crippen molar-refractivity contribution in [2.24, 2.45) is 7.05 Å². The van der Waals surface area contributed by atoms with E-state index in [4.69, 9.17) is 27.9 Å². The van der Waals surface area contributed by atoms with Crippen molar-refractivity contribution in [1.29, 1.82) is 0 Å². The number of hydrogen-bond acceptors (Lipinski definition) is 4. The Kier molecular flexibility index (Phi) is 6.24. The molecule has 0 saturated carbocycles. The lowest BCUT2D eigenvalue weighted by Gasteiger charge is -2.25. The molecule has 1 N–H and O–H groups in total. The smallest absolute Gasteiger partial charge is 0.300 e. The molecule has 1 saturated heterocycles. The molecule has 6 nitrogen and oxygen atoms in total. The van der Waals surface area contributed by atoms with E-state index < -0.39 is 17.7 Å². The number of aryl methyl sites for hydroxylation is 1. The van der Waals surface area contributed by atoms with Gasteiger partial charge in [-0.1, -0.05) is 47.5 Å². The second kappa shape index (κ2) is 9.37. The lowest BCUT2D eigenvalue weighted by molar-refractivity contribution is -0.132. The Morgan fingerprint density at radius 3 is 2.56 bits per heavy atom. The second-order valence-corrected chi connectivity index (χ2v) is 9.28. The number of para-hydroxylation sites is 1. The van der Waals surface area contributed by atoms with Gasteiger partial charge >= 0.3 is 0 Å². The summed E-state index contributed by atoms with van der Waals surface area (Å²) in [6.07, 6.45) is 1.87. The van der Waals surface area contributed by atoms with Gasteiger partial charge in [0.25, 0.3) is 11.7 Å². The molecule has 0 aliphatic carbocycles. The number of halogens is 2. The second-order valence-electron chi connectivity index (χ2n) is 8.44. The molecule has 8 heteroatoms. The fourth-order valence-corrected chi connectivity index (χ4v) is 5.09. The summed E-state index contributed by atoms with van der Waals surface area (Å²) in [5, 5.41) is 13.0. The maximum atomic E-state index is 13.5. The number of hydrogen-bond donors (Lipinski definition) is 1. The number of Topliss-reactive ketones (excluding diaryl/α,β-unsaturated/α-hetero) is 1. The highest BCUT2D eigenvalue weighted by Gasteiger charge is 2.48. The van der Waals surface area contributed by atoms with Crippen molar-refractivity contribution in [3.05, 3.63) is 99.7 Å². The highest BCUT2D eigenvalue weighted by molar-refractivity contribution is 6.52. The van der Waals surface area contributed by atoms with Crippen molar-refractivity contribution >= 4 is 57.2 Å². The van der Waals surface area contributed by atoms with E-state index in [2.05, 4.69) is 0 Å². The largest absolute Gasteiger partial charge is 0.507 e. The summed E-state index contributed by atoms with van der Waals surface area (Å²) in [5.41, 5.74) is 2.19. The standard InChI is InChI=1S/C28H22Cl2N2O4/c1-3-36-18-11-12-22(30)20(14-18)26(33)24-25(21-15-31(2)23-10-5-4-9-19(21)23)32(28(35)27(24)34)17-8-6-7-16(29)13-17/h4-15,25,33H,3H2,1-2H3/b26-24+. The van der Waals surface area contributed by atoms with Crippen molar-refractivity contribution in [3.8, 4) is 5.75 Å². The number of carbonyl (C=O) groups excluding carboxylic acids is 2. The van der Waals surface area contributed by atoms with Crippen molar-refractivity contribution in [3.63, 3.8) is 0 Å². The predicted octanol–water partition coefficient (Wildman–Crippen LogP) is 6.51. The molecule has 4 aromatic rings. The van der Waals surface area contributed by atoms with Gasteiger partial charge in [-0.3, -0.25) is 14.5 Å². The number of benzene rings is 3. The van der Waals surface area contributed by atoms with Gasteiger partial charge < -0.3 is 14.4 Å². The molecule has 0 radical (unpaired) electrons. The van der Waals surface area contributed by atoms with Gasteiger partial charge in [-0.2, -0.15) is 0 Å². The monoisotopic (exact) mass is 520 g/mol. The van der Waals surface area contributed by atoms with Crippen LogP contribution in [0.4, 0.5) is 5.69 Å². The van der Waals surface area contributed by atoms with E-state index in [0.717, 1.165) is 10.9 Å². The van der Waals surface area contributed by atoms with E-state index >= 15 is 0 Å². The fraction of sp³-hybridized carbons (Fsp3) is 0.143. The van der Waals surface area contributed by atoms with E-state index in [9.17, 15) is 14.7 Å². The number of anilines is 1. The van der Waals surface area contributed by atoms with Gasteiger partial charge in [-0.15, -0.1) is 0 Å². The van der Waals surface area contributed by atoms with Crippen molar-refractivity contribution in [2.45, 2.75) is 13.0 Å². The van der Waals surface area contributed by atoms with Crippen LogP contribution in [0.5, 0.6) is 5.75 Å². The zero-order valence-electron chi connectivity index (χ0n) is 19.5. The molecule has 2 heterocycles. The van der Waals surface area contributed by atoms with Crippen LogP contribution in [0.15, 0.2) is 78.5 Å². The van der Waals surface area contributed by atoms with Crippen LogP contribution >= 0.6 is 23.2 Å². The first-order valence-corrected chi connectivity index (χ1v) is 12.1. The number of fused-ring (bicyclic) bond motifs is 1. The first-order chi connectivity index (χ1) is 17.3. The topological polar surface area (TPSA) is 71.8 Å². The maximum absolute atomic E-state index is 13.5. The zero-order valence-corrected chi connectivity index (χ0v) is 21.0. The quantitative estimate of drug-likeness (QED) is 0.185. The molecule has 36 heavy (non-hydrogen) atoms. The number of ketones is 1. The number of carbonyl (C=O) groups is 2. The summed E-state index contributed by atoms with van der Waals surface area (Å²) < 4.78 is 7.49. The van der Waals surface area contributed by atoms with Gasteiger partial charge in [0.15, 0.2) is 0 Å². The highest BCUT2D eigenvalue weighted by Crippen LogP contribution is 2.45. The molecule has 3 aromatic carbocycles. The highest BCUT2D eigenvalue weighted by atomic mass is 35.5. The molecule has 5 rings (SSSR count). The Morgan fingerprint density at radius 2 is 1.81 bits per heavy atom. The maximum Gasteiger partial charge on any atom is 0.300 e. The minimum absolute atomic E-state index is 0.0631. The first-order valence-electron chi connectivity index (χ1n) is 11.3. The number of aromatic nitrogens is 1. The number of aliphatic hydroxyl groups is 1. The molecule has 1 aliphatic heterocycles. The van der Waals surface area contributed by atoms with E-state index in [-0.39, 0.29) is 21.9 Å². The number of ether oxygens (including phenoxy) is 1. The molecular formula is C28H22Cl2N2O4. The zero-order chi connectivity index (χ0) is 25.6. The predicted molar refractivity (Wildman–Crippen MR) is 142 cm³/mol. The summed E-state index contributed by atoms with van der Waals surface area (Å²) in [7, 11) is 1.89. The molecule has 1 unspecified atom stereocenters. The minimum atomic E-state index is -0.915. The van der Waals surface area contributed by atoms with Gasteiger partial charge in [0.1, 0.15) is 11.5 Å². The van der Waals surface area contributed by atoms with Crippen LogP contribution in [-0.4, -0.2) is 28.0 Å². The van der Waals surface area contributed by atoms with Gasteiger partial charge in [0, 0.05) is 46.0 Å². The number of aliphatic hydroxyl groups excluding tert-OH is 1. The lowest BCUT2D eigenvalue weighted by Crippen LogP contribution is -2.29. The molecule has 1 amide bonds. The third-order valence-corrected chi connectivity index (χ3v) is 6.82. The molecular weight excluding hydrogens is 499 g/mol. The van der Waals surface area contributed by atoms with Crippen molar-refractivity contribution < 1.29 is 19.4 Å². The molecule has 182 valence electrons. The summed E-state index contributed by atoms with van der Waals surface area (Å²) in [4.78, 5) is 28.4. The van der Waals surface area contributed by atoms with E-state index in [1.807, 2.05) is 49.0 Å². The normalized spacial score (nSPS) is 17.2. The van der Waals surface area contributed by atoms with Gasteiger partial charge in [0.2, 0.25) is 0 Å². The minimum Gasteiger partial charge on any atom is -0.507 e. The Labute approximate surface area is 217 Å². The third kappa shape index (κ3) is 3.92. The average Bonchev–Trinajstić information content (AvgIpc) is 3.33. The van der Waals surface area contributed by atoms with Crippen LogP contribution in [0.25, 0.3) is 16.7 Å². The van der Waals surface area contributed by atoms with Gasteiger partial charge in [-0.05, 0) is 49.4 Å². The number of amides is 1. The summed E-state index contributed by atoms with van der Waals surface area (Å²) in [6.45, 7) is 2.25. The van der Waals surface area contributed by atoms with Crippen LogP contribution in [0.3, 0.4) is 0 Å². The molecule has 1 fully saturated rings. The van der Waals surface area contributed by atoms with Crippen LogP contribution < -0.4 is 9.64 Å². The SMILES string of the molecule is CCOc1ccc(Cl)c(/C(O)=C2\C(=O)C(=O)N(c3cccc(Cl)c3)C2c2cn(C)c3ccccc23)c1. The number of nitrogens with zero attached hydrogens (tertiary/aromatic N) is 2. The summed E-state index contributed by atoms with van der Waals surface area (Å²) in [6, 6.07) is 18.3. The Balaban J connectivity index is 1.81. The lowest BCUT2D eigenvalue weighted by atomic mass is 9.94. The molecule has 0 spiro atoms. The van der Waals surface area contributed by atoms with E-state index in [1.54, 1.807) is 42.5 Å². The summed E-state index contributed by atoms with van der Waals surface area (Å²) in [5.74, 6) is -1.48. The average molecular weight is 521 g/mol. The Morgan fingerprint density at radius 1 is 1.03 bits per heavy atom.